The zero-order chi connectivity index (χ0) is 9.14. The molecule has 3 nitrogen and oxygen atoms in total. The van der Waals surface area contributed by atoms with Crippen molar-refractivity contribution < 1.29 is 4.79 Å². The molecule has 1 heterocycles. The maximum Gasteiger partial charge on any atom is 0.239 e. The summed E-state index contributed by atoms with van der Waals surface area (Å²) in [6.07, 6.45) is 1.07. The summed E-state index contributed by atoms with van der Waals surface area (Å²) in [7, 11) is 0. The molecule has 1 rings (SSSR count). The van der Waals surface area contributed by atoms with E-state index in [0.717, 1.165) is 19.5 Å². The minimum atomic E-state index is -0.477. The third kappa shape index (κ3) is 1.76. The van der Waals surface area contributed by atoms with Gasteiger partial charge in [-0.3, -0.25) is 4.79 Å². The Hall–Kier alpha value is -1.04. The molecule has 0 aromatic heterocycles. The molecule has 1 aliphatic rings. The molecule has 2 atom stereocenters. The fourth-order valence-corrected chi connectivity index (χ4v) is 1.46. The van der Waals surface area contributed by atoms with E-state index in [-0.39, 0.29) is 5.91 Å². The van der Waals surface area contributed by atoms with Crippen LogP contribution in [0, 0.1) is 23.2 Å². The van der Waals surface area contributed by atoms with Crippen molar-refractivity contribution in [2.24, 2.45) is 11.8 Å². The van der Waals surface area contributed by atoms with Crippen LogP contribution < -0.4 is 0 Å². The first-order valence-electron chi connectivity index (χ1n) is 4.33. The Labute approximate surface area is 73.0 Å². The smallest absolute Gasteiger partial charge is 0.239 e. The number of carbonyl (C=O) groups excluding carboxylic acids is 1. The van der Waals surface area contributed by atoms with Crippen LogP contribution in [0.15, 0.2) is 0 Å². The summed E-state index contributed by atoms with van der Waals surface area (Å²) in [6, 6.07) is 1.97. The van der Waals surface area contributed by atoms with Crippen LogP contribution >= 0.6 is 0 Å². The molecule has 0 aliphatic carbocycles. The lowest BCUT2D eigenvalue weighted by Gasteiger charge is -2.16. The van der Waals surface area contributed by atoms with Crippen molar-refractivity contribution in [1.29, 1.82) is 5.26 Å². The molecule has 2 unspecified atom stereocenters. The van der Waals surface area contributed by atoms with E-state index in [0.29, 0.717) is 5.92 Å². The maximum absolute atomic E-state index is 11.4. The zero-order valence-corrected chi connectivity index (χ0v) is 7.58. The number of nitrogens with zero attached hydrogens (tertiary/aromatic N) is 2. The maximum atomic E-state index is 11.4. The lowest BCUT2D eigenvalue weighted by molar-refractivity contribution is -0.132. The van der Waals surface area contributed by atoms with Gasteiger partial charge in [0.2, 0.25) is 5.91 Å². The van der Waals surface area contributed by atoms with E-state index in [1.165, 1.54) is 0 Å². The van der Waals surface area contributed by atoms with E-state index in [1.807, 2.05) is 6.07 Å². The molecule has 66 valence electrons. The highest BCUT2D eigenvalue weighted by molar-refractivity contribution is 5.81. The van der Waals surface area contributed by atoms with Gasteiger partial charge in [-0.05, 0) is 19.3 Å². The summed E-state index contributed by atoms with van der Waals surface area (Å²) in [6.45, 7) is 5.44. The summed E-state index contributed by atoms with van der Waals surface area (Å²) >= 11 is 0. The van der Waals surface area contributed by atoms with Gasteiger partial charge in [0.1, 0.15) is 5.92 Å². The third-order valence-electron chi connectivity index (χ3n) is 2.30. The Kier molecular flexibility index (Phi) is 2.69. The van der Waals surface area contributed by atoms with Crippen molar-refractivity contribution in [2.75, 3.05) is 13.1 Å². The summed E-state index contributed by atoms with van der Waals surface area (Å²) in [5.74, 6) is 0.108. The molecule has 0 aromatic carbocycles. The number of nitriles is 1. The lowest BCUT2D eigenvalue weighted by Crippen LogP contribution is -2.32. The molecule has 12 heavy (non-hydrogen) atoms. The highest BCUT2D eigenvalue weighted by Crippen LogP contribution is 2.16. The summed E-state index contributed by atoms with van der Waals surface area (Å²) in [5, 5.41) is 8.53. The molecule has 1 aliphatic heterocycles. The van der Waals surface area contributed by atoms with Crippen molar-refractivity contribution >= 4 is 5.91 Å². The first-order valence-corrected chi connectivity index (χ1v) is 4.33. The minimum Gasteiger partial charge on any atom is -0.341 e. The highest BCUT2D eigenvalue weighted by Gasteiger charge is 2.26. The predicted octanol–water partition coefficient (Wildman–Crippen LogP) is 1.01. The molecule has 1 fully saturated rings. The van der Waals surface area contributed by atoms with Gasteiger partial charge >= 0.3 is 0 Å². The monoisotopic (exact) mass is 166 g/mol. The second kappa shape index (κ2) is 3.57. The van der Waals surface area contributed by atoms with Crippen LogP contribution in [-0.2, 0) is 4.79 Å². The van der Waals surface area contributed by atoms with E-state index in [1.54, 1.807) is 11.8 Å². The Morgan fingerprint density at radius 2 is 2.42 bits per heavy atom. The molecule has 0 aromatic rings. The zero-order valence-electron chi connectivity index (χ0n) is 7.58. The first kappa shape index (κ1) is 9.05. The Morgan fingerprint density at radius 1 is 1.75 bits per heavy atom. The number of rotatable bonds is 1. The van der Waals surface area contributed by atoms with Crippen molar-refractivity contribution in [1.82, 2.24) is 4.90 Å². The van der Waals surface area contributed by atoms with Gasteiger partial charge in [0.25, 0.3) is 0 Å². The van der Waals surface area contributed by atoms with Crippen LogP contribution in [0.5, 0.6) is 0 Å². The number of hydrogen-bond acceptors (Lipinski definition) is 2. The van der Waals surface area contributed by atoms with Crippen LogP contribution in [-0.4, -0.2) is 23.9 Å². The molecule has 1 saturated heterocycles. The molecule has 0 radical (unpaired) electrons. The number of carbonyl (C=O) groups is 1. The van der Waals surface area contributed by atoms with Crippen molar-refractivity contribution in [3.05, 3.63) is 0 Å². The van der Waals surface area contributed by atoms with E-state index in [9.17, 15) is 4.79 Å². The predicted molar refractivity (Wildman–Crippen MR) is 45.1 cm³/mol. The lowest BCUT2D eigenvalue weighted by atomic mass is 10.1. The largest absolute Gasteiger partial charge is 0.341 e. The Morgan fingerprint density at radius 3 is 2.83 bits per heavy atom. The molecule has 0 spiro atoms. The average molecular weight is 166 g/mol. The van der Waals surface area contributed by atoms with Crippen LogP contribution in [0.3, 0.4) is 0 Å². The Balaban J connectivity index is 2.50. The molecular formula is C9H14N2O. The fourth-order valence-electron chi connectivity index (χ4n) is 1.46. The van der Waals surface area contributed by atoms with E-state index in [4.69, 9.17) is 5.26 Å². The van der Waals surface area contributed by atoms with Crippen molar-refractivity contribution in [3.63, 3.8) is 0 Å². The first-order chi connectivity index (χ1) is 5.65. The van der Waals surface area contributed by atoms with E-state index < -0.39 is 5.92 Å². The average Bonchev–Trinajstić information content (AvgIpc) is 2.49. The van der Waals surface area contributed by atoms with Gasteiger partial charge in [0, 0.05) is 13.1 Å². The van der Waals surface area contributed by atoms with Gasteiger partial charge in [-0.2, -0.15) is 5.26 Å². The topological polar surface area (TPSA) is 44.1 Å². The standard InChI is InChI=1S/C9H14N2O/c1-7-3-4-11(6-7)9(12)8(2)5-10/h7-8H,3-4,6H2,1-2H3. The number of amides is 1. The van der Waals surface area contributed by atoms with Gasteiger partial charge in [0.15, 0.2) is 0 Å². The normalized spacial score (nSPS) is 25.1. The molecule has 0 bridgehead atoms. The minimum absolute atomic E-state index is 0.0122. The molecular weight excluding hydrogens is 152 g/mol. The summed E-state index contributed by atoms with van der Waals surface area (Å²) < 4.78 is 0. The van der Waals surface area contributed by atoms with E-state index in [2.05, 4.69) is 6.92 Å². The van der Waals surface area contributed by atoms with Crippen LogP contribution in [0.4, 0.5) is 0 Å². The number of likely N-dealkylation sites (tertiary alicyclic amines) is 1. The summed E-state index contributed by atoms with van der Waals surface area (Å²) in [5.41, 5.74) is 0. The highest BCUT2D eigenvalue weighted by atomic mass is 16.2. The van der Waals surface area contributed by atoms with Crippen LogP contribution in [0.1, 0.15) is 20.3 Å². The molecule has 0 saturated carbocycles. The molecule has 0 N–H and O–H groups in total. The second-order valence-electron chi connectivity index (χ2n) is 3.53. The third-order valence-corrected chi connectivity index (χ3v) is 2.30. The second-order valence-corrected chi connectivity index (χ2v) is 3.53. The van der Waals surface area contributed by atoms with Crippen LogP contribution in [0.25, 0.3) is 0 Å². The quantitative estimate of drug-likeness (QED) is 0.583. The van der Waals surface area contributed by atoms with Gasteiger partial charge in [0.05, 0.1) is 6.07 Å². The van der Waals surface area contributed by atoms with Crippen molar-refractivity contribution in [3.8, 4) is 6.07 Å². The Bertz CT molecular complexity index is 219. The van der Waals surface area contributed by atoms with Gasteiger partial charge in [-0.15, -0.1) is 0 Å². The van der Waals surface area contributed by atoms with Gasteiger partial charge < -0.3 is 4.90 Å². The van der Waals surface area contributed by atoms with Gasteiger partial charge in [-0.25, -0.2) is 0 Å². The van der Waals surface area contributed by atoms with Crippen LogP contribution in [0.2, 0.25) is 0 Å². The number of hydrogen-bond donors (Lipinski definition) is 0. The summed E-state index contributed by atoms with van der Waals surface area (Å²) in [4.78, 5) is 13.2. The van der Waals surface area contributed by atoms with Gasteiger partial charge in [-0.1, -0.05) is 6.92 Å². The molecule has 1 amide bonds. The molecule has 3 heteroatoms. The van der Waals surface area contributed by atoms with Crippen molar-refractivity contribution in [2.45, 2.75) is 20.3 Å². The SMILES string of the molecule is CC1CCN(C(=O)C(C)C#N)C1. The fraction of sp³-hybridized carbons (Fsp3) is 0.778. The van der Waals surface area contributed by atoms with E-state index >= 15 is 0 Å².